The van der Waals surface area contributed by atoms with Gasteiger partial charge in [-0.1, -0.05) is 25.3 Å². The van der Waals surface area contributed by atoms with Gasteiger partial charge in [0.25, 0.3) is 0 Å². The second-order valence-corrected chi connectivity index (χ2v) is 9.43. The Hall–Kier alpha value is -1.67. The van der Waals surface area contributed by atoms with Gasteiger partial charge in [-0.05, 0) is 30.9 Å². The van der Waals surface area contributed by atoms with Gasteiger partial charge in [-0.25, -0.2) is 8.42 Å². The van der Waals surface area contributed by atoms with Crippen LogP contribution in [0.3, 0.4) is 0 Å². The number of benzene rings is 1. The Morgan fingerprint density at radius 3 is 2.35 bits per heavy atom. The van der Waals surface area contributed by atoms with Crippen molar-refractivity contribution in [1.29, 1.82) is 0 Å². The number of piperazine rings is 1. The van der Waals surface area contributed by atoms with E-state index in [9.17, 15) is 18.5 Å². The first kappa shape index (κ1) is 19.1. The van der Waals surface area contributed by atoms with Crippen LogP contribution in [0.1, 0.15) is 32.1 Å². The van der Waals surface area contributed by atoms with Crippen molar-refractivity contribution in [3.63, 3.8) is 0 Å². The third kappa shape index (κ3) is 4.35. The molecule has 0 atom stereocenters. The SMILES string of the molecule is CS(=O)(=O)c1cccc(N2CCN(CC3CCCCC3)CC2)c1[N+](=O)[O-]. The van der Waals surface area contributed by atoms with Crippen molar-refractivity contribution in [3.05, 3.63) is 28.3 Å². The Labute approximate surface area is 155 Å². The van der Waals surface area contributed by atoms with Crippen LogP contribution in [0.15, 0.2) is 23.1 Å². The third-order valence-electron chi connectivity index (χ3n) is 5.51. The van der Waals surface area contributed by atoms with Crippen molar-refractivity contribution in [2.75, 3.05) is 43.9 Å². The number of nitro benzene ring substituents is 1. The standard InChI is InChI=1S/C18H27N3O4S/c1-26(24,25)17-9-5-8-16(18(17)21(22)23)20-12-10-19(11-13-20)14-15-6-3-2-4-7-15/h5,8-9,15H,2-4,6-7,10-14H2,1H3. The number of nitro groups is 1. The molecule has 144 valence electrons. The molecule has 0 unspecified atom stereocenters. The molecule has 1 aliphatic heterocycles. The lowest BCUT2D eigenvalue weighted by atomic mass is 9.89. The molecule has 1 saturated carbocycles. The highest BCUT2D eigenvalue weighted by Gasteiger charge is 2.30. The van der Waals surface area contributed by atoms with E-state index in [1.165, 1.54) is 38.2 Å². The van der Waals surface area contributed by atoms with Crippen LogP contribution in [0.5, 0.6) is 0 Å². The second kappa shape index (κ2) is 7.92. The van der Waals surface area contributed by atoms with E-state index in [2.05, 4.69) is 4.90 Å². The van der Waals surface area contributed by atoms with Crippen molar-refractivity contribution in [3.8, 4) is 0 Å². The van der Waals surface area contributed by atoms with E-state index in [0.717, 1.165) is 31.8 Å². The molecule has 2 fully saturated rings. The van der Waals surface area contributed by atoms with E-state index >= 15 is 0 Å². The van der Waals surface area contributed by atoms with Crippen LogP contribution >= 0.6 is 0 Å². The van der Waals surface area contributed by atoms with Crippen molar-refractivity contribution in [2.24, 2.45) is 5.92 Å². The van der Waals surface area contributed by atoms with E-state index in [4.69, 9.17) is 0 Å². The molecule has 1 aromatic rings. The van der Waals surface area contributed by atoms with Crippen LogP contribution in [0, 0.1) is 16.0 Å². The highest BCUT2D eigenvalue weighted by Crippen LogP contribution is 2.35. The summed E-state index contributed by atoms with van der Waals surface area (Å²) in [6.07, 6.45) is 7.64. The quantitative estimate of drug-likeness (QED) is 0.576. The lowest BCUT2D eigenvalue weighted by Gasteiger charge is -2.38. The number of hydrogen-bond donors (Lipinski definition) is 0. The molecular formula is C18H27N3O4S. The number of nitrogens with zero attached hydrogens (tertiary/aromatic N) is 3. The summed E-state index contributed by atoms with van der Waals surface area (Å²) < 4.78 is 23.9. The number of anilines is 1. The molecule has 8 heteroatoms. The third-order valence-corrected chi connectivity index (χ3v) is 6.64. The molecule has 1 heterocycles. The first-order chi connectivity index (χ1) is 12.4. The maximum Gasteiger partial charge on any atom is 0.311 e. The summed E-state index contributed by atoms with van der Waals surface area (Å²) in [5, 5.41) is 11.6. The van der Waals surface area contributed by atoms with Gasteiger partial charge >= 0.3 is 5.69 Å². The Kier molecular flexibility index (Phi) is 5.82. The number of sulfone groups is 1. The summed E-state index contributed by atoms with van der Waals surface area (Å²) in [4.78, 5) is 15.2. The van der Waals surface area contributed by atoms with E-state index in [0.29, 0.717) is 18.8 Å². The maximum absolute atomic E-state index is 11.9. The first-order valence-electron chi connectivity index (χ1n) is 9.31. The normalized spacial score (nSPS) is 20.3. The Morgan fingerprint density at radius 2 is 1.77 bits per heavy atom. The molecule has 1 aliphatic carbocycles. The predicted octanol–water partition coefficient (Wildman–Crippen LogP) is 2.70. The van der Waals surface area contributed by atoms with Gasteiger partial charge in [-0.3, -0.25) is 15.0 Å². The zero-order chi connectivity index (χ0) is 18.7. The van der Waals surface area contributed by atoms with Crippen molar-refractivity contribution < 1.29 is 13.3 Å². The zero-order valence-corrected chi connectivity index (χ0v) is 16.1. The molecule has 0 aromatic heterocycles. The predicted molar refractivity (Wildman–Crippen MR) is 101 cm³/mol. The zero-order valence-electron chi connectivity index (χ0n) is 15.3. The number of hydrogen-bond acceptors (Lipinski definition) is 6. The minimum absolute atomic E-state index is 0.204. The van der Waals surface area contributed by atoms with Gasteiger partial charge in [0.05, 0.1) is 4.92 Å². The Bertz CT molecular complexity index is 752. The summed E-state index contributed by atoms with van der Waals surface area (Å²) in [6.45, 7) is 4.19. The lowest BCUT2D eigenvalue weighted by molar-refractivity contribution is -0.387. The smallest absolute Gasteiger partial charge is 0.311 e. The summed E-state index contributed by atoms with van der Waals surface area (Å²) >= 11 is 0. The van der Waals surface area contributed by atoms with E-state index in [-0.39, 0.29) is 10.6 Å². The van der Waals surface area contributed by atoms with Gasteiger partial charge in [0.2, 0.25) is 0 Å². The Balaban J connectivity index is 1.72. The van der Waals surface area contributed by atoms with E-state index < -0.39 is 14.8 Å². The molecule has 0 radical (unpaired) electrons. The molecule has 2 aliphatic rings. The number of rotatable bonds is 5. The van der Waals surface area contributed by atoms with Crippen LogP contribution in [0.25, 0.3) is 0 Å². The highest BCUT2D eigenvalue weighted by molar-refractivity contribution is 7.90. The molecule has 0 spiro atoms. The number of para-hydroxylation sites is 1. The van der Waals surface area contributed by atoms with Crippen molar-refractivity contribution >= 4 is 21.2 Å². The average Bonchev–Trinajstić information content (AvgIpc) is 2.62. The van der Waals surface area contributed by atoms with Gasteiger partial charge in [0.1, 0.15) is 10.6 Å². The highest BCUT2D eigenvalue weighted by atomic mass is 32.2. The minimum Gasteiger partial charge on any atom is -0.363 e. The van der Waals surface area contributed by atoms with Crippen LogP contribution < -0.4 is 4.90 Å². The minimum atomic E-state index is -3.65. The van der Waals surface area contributed by atoms with Crippen LogP contribution in [0.4, 0.5) is 11.4 Å². The maximum atomic E-state index is 11.9. The fourth-order valence-electron chi connectivity index (χ4n) is 4.15. The fourth-order valence-corrected chi connectivity index (χ4v) is 5.01. The average molecular weight is 381 g/mol. The van der Waals surface area contributed by atoms with Gasteiger partial charge in [0, 0.05) is 39.0 Å². The van der Waals surface area contributed by atoms with Crippen LogP contribution in [-0.4, -0.2) is 57.2 Å². The van der Waals surface area contributed by atoms with E-state index in [1.54, 1.807) is 12.1 Å². The molecule has 26 heavy (non-hydrogen) atoms. The summed E-state index contributed by atoms with van der Waals surface area (Å²) in [7, 11) is -3.65. The van der Waals surface area contributed by atoms with Crippen molar-refractivity contribution in [2.45, 2.75) is 37.0 Å². The summed E-state index contributed by atoms with van der Waals surface area (Å²) in [5.41, 5.74) is 0.117. The van der Waals surface area contributed by atoms with Gasteiger partial charge < -0.3 is 4.90 Å². The summed E-state index contributed by atoms with van der Waals surface area (Å²) in [5.74, 6) is 0.776. The second-order valence-electron chi connectivity index (χ2n) is 7.44. The molecule has 0 amide bonds. The molecule has 0 N–H and O–H groups in total. The Morgan fingerprint density at radius 1 is 1.12 bits per heavy atom. The molecule has 3 rings (SSSR count). The van der Waals surface area contributed by atoms with Crippen LogP contribution in [0.2, 0.25) is 0 Å². The lowest BCUT2D eigenvalue weighted by Crippen LogP contribution is -2.48. The van der Waals surface area contributed by atoms with E-state index in [1.807, 2.05) is 4.90 Å². The van der Waals surface area contributed by atoms with Crippen LogP contribution in [-0.2, 0) is 9.84 Å². The molecular weight excluding hydrogens is 354 g/mol. The van der Waals surface area contributed by atoms with Crippen molar-refractivity contribution in [1.82, 2.24) is 4.90 Å². The van der Waals surface area contributed by atoms with Gasteiger partial charge in [0.15, 0.2) is 9.84 Å². The monoisotopic (exact) mass is 381 g/mol. The largest absolute Gasteiger partial charge is 0.363 e. The van der Waals surface area contributed by atoms with Gasteiger partial charge in [-0.15, -0.1) is 0 Å². The topological polar surface area (TPSA) is 83.8 Å². The summed E-state index contributed by atoms with van der Waals surface area (Å²) in [6, 6.07) is 4.56. The molecule has 1 aromatic carbocycles. The molecule has 1 saturated heterocycles. The molecule has 0 bridgehead atoms. The molecule has 7 nitrogen and oxygen atoms in total. The fraction of sp³-hybridized carbons (Fsp3) is 0.667. The van der Waals surface area contributed by atoms with Gasteiger partial charge in [-0.2, -0.15) is 0 Å². The first-order valence-corrected chi connectivity index (χ1v) is 11.2.